The Balaban J connectivity index is 1.70. The second-order valence-corrected chi connectivity index (χ2v) is 11.9. The predicted molar refractivity (Wildman–Crippen MR) is 168 cm³/mol. The van der Waals surface area contributed by atoms with Crippen molar-refractivity contribution in [2.24, 2.45) is 0 Å². The first-order chi connectivity index (χ1) is 18.8. The van der Waals surface area contributed by atoms with Gasteiger partial charge in [0.05, 0.1) is 11.0 Å². The van der Waals surface area contributed by atoms with Gasteiger partial charge in [0.25, 0.3) is 0 Å². The second-order valence-electron chi connectivity index (χ2n) is 10.3. The lowest BCUT2D eigenvalue weighted by molar-refractivity contribution is 0.587. The largest absolute Gasteiger partial charge is 0.436 e. The molecule has 3 aromatic carbocycles. The number of hydrogen-bond acceptors (Lipinski definition) is 1. The van der Waals surface area contributed by atoms with Crippen molar-refractivity contribution in [3.8, 4) is 18.1 Å². The second kappa shape index (κ2) is 11.0. The monoisotopic (exact) mass is 530 g/mol. The molecule has 0 bridgehead atoms. The molecule has 0 amide bonds. The highest BCUT2D eigenvalue weighted by atomic mass is 31.2. The van der Waals surface area contributed by atoms with E-state index in [9.17, 15) is 0 Å². The first-order valence-corrected chi connectivity index (χ1v) is 14.5. The Bertz CT molecular complexity index is 1710. The maximum Gasteiger partial charge on any atom is 0.318 e. The summed E-state index contributed by atoms with van der Waals surface area (Å²) in [4.78, 5) is 0. The third-order valence-electron chi connectivity index (χ3n) is 7.70. The average Bonchev–Trinajstić information content (AvgIpc) is 3.46. The van der Waals surface area contributed by atoms with Gasteiger partial charge in [-0.1, -0.05) is 65.6 Å². The van der Waals surface area contributed by atoms with Gasteiger partial charge in [-0.05, 0) is 94.5 Å². The molecule has 2 aromatic heterocycles. The molecule has 39 heavy (non-hydrogen) atoms. The van der Waals surface area contributed by atoms with E-state index in [-0.39, 0.29) is 0 Å². The number of hydrogen-bond donors (Lipinski definition) is 0. The Hall–Kier alpha value is -3.99. The van der Waals surface area contributed by atoms with Crippen LogP contribution in [0.5, 0.6) is 5.75 Å². The van der Waals surface area contributed by atoms with Crippen LogP contribution in [-0.2, 0) is 6.42 Å². The minimum Gasteiger partial charge on any atom is -0.436 e. The third-order valence-corrected chi connectivity index (χ3v) is 9.46. The van der Waals surface area contributed by atoms with Crippen molar-refractivity contribution in [2.75, 3.05) is 0 Å². The summed E-state index contributed by atoms with van der Waals surface area (Å²) in [6, 6.07) is 21.5. The summed E-state index contributed by atoms with van der Waals surface area (Å²) < 4.78 is 11.8. The first-order valence-electron chi connectivity index (χ1n) is 13.3. The van der Waals surface area contributed by atoms with Crippen LogP contribution in [0, 0.1) is 40.0 Å². The highest BCUT2D eigenvalue weighted by Gasteiger charge is 2.25. The number of para-hydroxylation sites is 2. The van der Waals surface area contributed by atoms with Gasteiger partial charge in [-0.2, -0.15) is 0 Å². The molecule has 0 fully saturated rings. The van der Waals surface area contributed by atoms with Gasteiger partial charge in [-0.15, -0.1) is 6.42 Å². The number of aromatic nitrogens is 2. The van der Waals surface area contributed by atoms with Crippen LogP contribution >= 0.6 is 8.45 Å². The van der Waals surface area contributed by atoms with Crippen molar-refractivity contribution in [3.63, 3.8) is 0 Å². The maximum atomic E-state index is 7.18. The van der Waals surface area contributed by atoms with E-state index in [1.54, 1.807) is 6.08 Å². The van der Waals surface area contributed by atoms with Crippen LogP contribution in [0.25, 0.3) is 21.8 Å². The molecule has 196 valence electrons. The van der Waals surface area contributed by atoms with E-state index < -0.39 is 8.45 Å². The maximum absolute atomic E-state index is 7.18. The van der Waals surface area contributed by atoms with Gasteiger partial charge in [0.1, 0.15) is 5.75 Å². The van der Waals surface area contributed by atoms with E-state index in [0.29, 0.717) is 0 Å². The molecule has 0 unspecified atom stereocenters. The molecule has 0 spiro atoms. The van der Waals surface area contributed by atoms with Crippen LogP contribution in [0.2, 0.25) is 0 Å². The number of benzene rings is 3. The first kappa shape index (κ1) is 26.6. The summed E-state index contributed by atoms with van der Waals surface area (Å²) in [5, 5.41) is 2.49. The number of aryl methyl sites for hydroxylation is 3. The van der Waals surface area contributed by atoms with Gasteiger partial charge in [-0.3, -0.25) is 8.68 Å². The molecule has 0 aliphatic carbocycles. The van der Waals surface area contributed by atoms with Gasteiger partial charge < -0.3 is 4.52 Å². The summed E-state index contributed by atoms with van der Waals surface area (Å²) in [5.41, 5.74) is 11.0. The fourth-order valence-corrected chi connectivity index (χ4v) is 7.09. The third kappa shape index (κ3) is 5.06. The Kier molecular flexibility index (Phi) is 7.51. The smallest absolute Gasteiger partial charge is 0.318 e. The molecule has 0 aliphatic heterocycles. The zero-order valence-electron chi connectivity index (χ0n) is 23.6. The van der Waals surface area contributed by atoms with Gasteiger partial charge in [0, 0.05) is 28.7 Å². The van der Waals surface area contributed by atoms with Gasteiger partial charge in [-0.25, -0.2) is 0 Å². The normalized spacial score (nSPS) is 12.5. The van der Waals surface area contributed by atoms with E-state index >= 15 is 0 Å². The lowest BCUT2D eigenvalue weighted by Crippen LogP contribution is -2.08. The van der Waals surface area contributed by atoms with Crippen molar-refractivity contribution in [2.45, 2.75) is 48.0 Å². The average molecular weight is 531 g/mol. The van der Waals surface area contributed by atoms with Crippen LogP contribution in [0.1, 0.15) is 41.7 Å². The Morgan fingerprint density at radius 1 is 0.821 bits per heavy atom. The van der Waals surface area contributed by atoms with Crippen molar-refractivity contribution in [1.29, 1.82) is 0 Å². The van der Waals surface area contributed by atoms with E-state index in [2.05, 4.69) is 129 Å². The molecule has 0 saturated carbocycles. The fraction of sp³-hybridized carbons (Fsp3) is 0.200. The summed E-state index contributed by atoms with van der Waals surface area (Å²) >= 11 is 0. The van der Waals surface area contributed by atoms with E-state index in [0.717, 1.165) is 12.2 Å². The molecular weight excluding hydrogens is 495 g/mol. The predicted octanol–water partition coefficient (Wildman–Crippen LogP) is 9.60. The molecule has 5 rings (SSSR count). The number of nitrogens with zero attached hydrogens (tertiary/aromatic N) is 2. The van der Waals surface area contributed by atoms with Crippen molar-refractivity contribution in [3.05, 3.63) is 124 Å². The molecule has 3 nitrogen and oxygen atoms in total. The topological polar surface area (TPSA) is 19.1 Å². The van der Waals surface area contributed by atoms with Gasteiger partial charge in [0.15, 0.2) is 0 Å². The molecule has 0 saturated heterocycles. The van der Waals surface area contributed by atoms with E-state index in [1.165, 1.54) is 60.8 Å². The number of terminal acetylenes is 1. The zero-order chi connectivity index (χ0) is 27.7. The molecule has 4 heteroatoms. The van der Waals surface area contributed by atoms with E-state index in [4.69, 9.17) is 10.9 Å². The highest BCUT2D eigenvalue weighted by Crippen LogP contribution is 2.49. The molecule has 0 aliphatic rings. The van der Waals surface area contributed by atoms with Gasteiger partial charge >= 0.3 is 8.45 Å². The Morgan fingerprint density at radius 2 is 1.38 bits per heavy atom. The molecule has 0 N–H and O–H groups in total. The summed E-state index contributed by atoms with van der Waals surface area (Å²) in [7, 11) is -1.30. The molecule has 2 heterocycles. The van der Waals surface area contributed by atoms with Crippen LogP contribution in [0.4, 0.5) is 0 Å². The van der Waals surface area contributed by atoms with Crippen molar-refractivity contribution in [1.82, 2.24) is 8.68 Å². The summed E-state index contributed by atoms with van der Waals surface area (Å²) in [6.45, 7) is 13.0. The molecular formula is C35H35N2OP. The lowest BCUT2D eigenvalue weighted by Gasteiger charge is -2.25. The van der Waals surface area contributed by atoms with Crippen molar-refractivity contribution < 1.29 is 4.52 Å². The Labute approximate surface area is 233 Å². The van der Waals surface area contributed by atoms with Crippen LogP contribution in [-0.4, -0.2) is 8.68 Å². The minimum atomic E-state index is -1.30. The van der Waals surface area contributed by atoms with Crippen LogP contribution in [0.3, 0.4) is 0 Å². The van der Waals surface area contributed by atoms with Gasteiger partial charge in [0.2, 0.25) is 0 Å². The standard InChI is InChI=1S/C35H35N2OP/c1-8-9-14-24(2)26(4)21-32-29(7)25(3)19-20-35(32)38-39(36-22-27(5)30-15-10-12-17-33(30)36)37-23-28(6)31-16-11-13-18-34(31)37/h1,9-20,22-23H,21H2,2-7H3/b14-9-,26-24-. The van der Waals surface area contributed by atoms with E-state index in [1.807, 2.05) is 6.08 Å². The quantitative estimate of drug-likeness (QED) is 0.116. The number of fused-ring (bicyclic) bond motifs is 2. The van der Waals surface area contributed by atoms with Crippen molar-refractivity contribution >= 4 is 30.3 Å². The van der Waals surface area contributed by atoms with Crippen LogP contribution < -0.4 is 4.52 Å². The molecule has 0 radical (unpaired) electrons. The summed E-state index contributed by atoms with van der Waals surface area (Å²) in [6.07, 6.45) is 14.5. The molecule has 5 aromatic rings. The number of rotatable bonds is 7. The highest BCUT2D eigenvalue weighted by molar-refractivity contribution is 7.50. The lowest BCUT2D eigenvalue weighted by atomic mass is 9.95. The molecule has 0 atom stereocenters. The number of allylic oxidation sites excluding steroid dienone is 4. The SMILES string of the molecule is C#C/C=C\C(C)=C(\C)Cc1c(OP(n2cc(C)c3ccccc32)n2cc(C)c3ccccc32)ccc(C)c1C. The fourth-order valence-electron chi connectivity index (χ4n) is 5.10. The minimum absolute atomic E-state index is 0.795. The zero-order valence-corrected chi connectivity index (χ0v) is 24.5. The van der Waals surface area contributed by atoms with Crippen LogP contribution in [0.15, 0.2) is 96.4 Å². The summed E-state index contributed by atoms with van der Waals surface area (Å²) in [5.74, 6) is 3.52. The Morgan fingerprint density at radius 3 is 1.95 bits per heavy atom.